The molecule has 2 aromatic carbocycles. The molecule has 1 saturated heterocycles. The third-order valence-corrected chi connectivity index (χ3v) is 9.46. The van der Waals surface area contributed by atoms with Crippen molar-refractivity contribution in [2.24, 2.45) is 15.9 Å². The van der Waals surface area contributed by atoms with Crippen LogP contribution in [0.25, 0.3) is 10.4 Å². The topological polar surface area (TPSA) is 97.6 Å². The Morgan fingerprint density at radius 3 is 2.62 bits per heavy atom. The molecule has 1 N–H and O–H groups in total. The van der Waals surface area contributed by atoms with E-state index in [-0.39, 0.29) is 29.7 Å². The maximum atomic E-state index is 15.8. The lowest BCUT2D eigenvalue weighted by Crippen LogP contribution is -2.43. The highest BCUT2D eigenvalue weighted by Crippen LogP contribution is 2.42. The number of nitrogens with one attached hydrogen (secondary N) is 1. The molecular formula is C36H41F2N5O4S. The molecule has 2 aliphatic rings. The molecule has 0 saturated carbocycles. The molecular weight excluding hydrogens is 636 g/mol. The fourth-order valence-electron chi connectivity index (χ4n) is 5.72. The number of carbonyl (C=O) groups is 1. The van der Waals surface area contributed by atoms with E-state index in [0.29, 0.717) is 45.8 Å². The Balaban J connectivity index is 1.46. The summed E-state index contributed by atoms with van der Waals surface area (Å²) in [6, 6.07) is 12.4. The summed E-state index contributed by atoms with van der Waals surface area (Å²) in [6.07, 6.45) is 5.91. The minimum absolute atomic E-state index is 0.111. The van der Waals surface area contributed by atoms with Crippen LogP contribution in [0.3, 0.4) is 0 Å². The van der Waals surface area contributed by atoms with Crippen LogP contribution in [-0.4, -0.2) is 74.2 Å². The molecule has 1 atom stereocenters. The number of para-hydroxylation sites is 1. The van der Waals surface area contributed by atoms with E-state index >= 15 is 8.78 Å². The fourth-order valence-corrected chi connectivity index (χ4v) is 6.48. The van der Waals surface area contributed by atoms with Gasteiger partial charge in [0.05, 0.1) is 24.7 Å². The van der Waals surface area contributed by atoms with Gasteiger partial charge in [0.25, 0.3) is 17.0 Å². The lowest BCUT2D eigenvalue weighted by atomic mass is 9.93. The van der Waals surface area contributed by atoms with Gasteiger partial charge in [-0.2, -0.15) is 0 Å². The van der Waals surface area contributed by atoms with E-state index in [1.54, 1.807) is 36.5 Å². The van der Waals surface area contributed by atoms with Crippen LogP contribution in [0.4, 0.5) is 14.5 Å². The van der Waals surface area contributed by atoms with Crippen molar-refractivity contribution in [2.45, 2.75) is 51.0 Å². The van der Waals surface area contributed by atoms with Gasteiger partial charge in [0.1, 0.15) is 28.8 Å². The smallest absolute Gasteiger partial charge is 0.281 e. The van der Waals surface area contributed by atoms with Gasteiger partial charge in [-0.15, -0.1) is 6.58 Å². The highest BCUT2D eigenvalue weighted by molar-refractivity contribution is 7.16. The number of aliphatic imine (C=N–C) groups is 2. The summed E-state index contributed by atoms with van der Waals surface area (Å²) in [7, 11) is 5.11. The number of hydrogen-bond acceptors (Lipinski definition) is 8. The standard InChI is InChI=1S/C36H41F2N5O4S/c1-6-16-36(37,38)27-21-39-32(42-28-13-12-24(19-30(28)45-4)34(44)41-25-14-17-43(3)18-15-25)20-23(7-2)33(27)47-29-11-9-8-10-26(29)31-22-40-35(46-5)48-31/h6,8-13,19,21-23,25H,1,7,14-18,20H2,2-5H3,(H,41,44). The first-order chi connectivity index (χ1) is 23.1. The molecule has 9 nitrogen and oxygen atoms in total. The molecule has 12 heteroatoms. The zero-order chi connectivity index (χ0) is 34.3. The summed E-state index contributed by atoms with van der Waals surface area (Å²) < 4.78 is 48.9. The predicted molar refractivity (Wildman–Crippen MR) is 186 cm³/mol. The number of likely N-dealkylation sites (tertiary alicyclic amines) is 1. The summed E-state index contributed by atoms with van der Waals surface area (Å²) in [5.74, 6) is -2.73. The first-order valence-corrected chi connectivity index (χ1v) is 16.8. The molecule has 1 unspecified atom stereocenters. The Bertz CT molecular complexity index is 1710. The van der Waals surface area contributed by atoms with E-state index < -0.39 is 18.3 Å². The van der Waals surface area contributed by atoms with E-state index in [1.165, 1.54) is 31.6 Å². The van der Waals surface area contributed by atoms with E-state index in [1.807, 2.05) is 19.1 Å². The maximum Gasteiger partial charge on any atom is 0.281 e. The summed E-state index contributed by atoms with van der Waals surface area (Å²) in [5.41, 5.74) is 1.26. The molecule has 0 aliphatic carbocycles. The second-order valence-corrected chi connectivity index (χ2v) is 12.8. The number of carbonyl (C=O) groups excluding carboxylic acids is 1. The number of methoxy groups -OCH3 is 2. The molecule has 0 spiro atoms. The second-order valence-electron chi connectivity index (χ2n) is 11.8. The largest absolute Gasteiger partial charge is 0.494 e. The van der Waals surface area contributed by atoms with Crippen LogP contribution in [0.1, 0.15) is 49.4 Å². The van der Waals surface area contributed by atoms with Crippen LogP contribution in [-0.2, 0) is 0 Å². The normalized spacial score (nSPS) is 18.5. The Labute approximate surface area is 284 Å². The van der Waals surface area contributed by atoms with Gasteiger partial charge in [-0.1, -0.05) is 36.5 Å². The van der Waals surface area contributed by atoms with Gasteiger partial charge in [-0.05, 0) is 69.7 Å². The van der Waals surface area contributed by atoms with Crippen molar-refractivity contribution < 1.29 is 27.8 Å². The Hall–Kier alpha value is -4.42. The molecule has 254 valence electrons. The van der Waals surface area contributed by atoms with Gasteiger partial charge in [0.15, 0.2) is 0 Å². The van der Waals surface area contributed by atoms with Gasteiger partial charge in [0.2, 0.25) is 0 Å². The van der Waals surface area contributed by atoms with Crippen molar-refractivity contribution in [3.63, 3.8) is 0 Å². The fraction of sp³-hybridized carbons (Fsp3) is 0.389. The minimum atomic E-state index is -3.30. The third-order valence-electron chi connectivity index (χ3n) is 8.47. The van der Waals surface area contributed by atoms with Crippen molar-refractivity contribution in [2.75, 3.05) is 34.4 Å². The van der Waals surface area contributed by atoms with Crippen molar-refractivity contribution in [3.8, 4) is 27.1 Å². The number of nitrogens with zero attached hydrogens (tertiary/aromatic N) is 4. The van der Waals surface area contributed by atoms with Gasteiger partial charge >= 0.3 is 0 Å². The van der Waals surface area contributed by atoms with Crippen LogP contribution >= 0.6 is 11.3 Å². The highest BCUT2D eigenvalue weighted by atomic mass is 32.1. The van der Waals surface area contributed by atoms with E-state index in [2.05, 4.69) is 33.8 Å². The molecule has 3 heterocycles. The number of halogens is 2. The number of amides is 1. The van der Waals surface area contributed by atoms with Crippen LogP contribution < -0.4 is 19.5 Å². The van der Waals surface area contributed by atoms with Gasteiger partial charge in [0, 0.05) is 48.3 Å². The number of aromatic nitrogens is 1. The summed E-state index contributed by atoms with van der Waals surface area (Å²) in [5, 5.41) is 3.59. The average Bonchev–Trinajstić information content (AvgIpc) is 3.49. The monoisotopic (exact) mass is 677 g/mol. The summed E-state index contributed by atoms with van der Waals surface area (Å²) in [6.45, 7) is 7.33. The number of alkyl halides is 2. The zero-order valence-corrected chi connectivity index (χ0v) is 28.5. The Kier molecular flexibility index (Phi) is 11.4. The summed E-state index contributed by atoms with van der Waals surface area (Å²) >= 11 is 1.33. The van der Waals surface area contributed by atoms with Crippen molar-refractivity contribution in [1.82, 2.24) is 15.2 Å². The Morgan fingerprint density at radius 2 is 1.94 bits per heavy atom. The second kappa shape index (κ2) is 15.7. The number of ether oxygens (including phenoxy) is 3. The number of rotatable bonds is 12. The lowest BCUT2D eigenvalue weighted by Gasteiger charge is -2.29. The molecule has 3 aromatic rings. The van der Waals surface area contributed by atoms with Gasteiger partial charge in [-0.25, -0.2) is 23.7 Å². The summed E-state index contributed by atoms with van der Waals surface area (Å²) in [4.78, 5) is 29.5. The van der Waals surface area contributed by atoms with Crippen molar-refractivity contribution >= 4 is 35.0 Å². The molecule has 0 bridgehead atoms. The van der Waals surface area contributed by atoms with Crippen LogP contribution in [0.5, 0.6) is 16.7 Å². The lowest BCUT2D eigenvalue weighted by molar-refractivity contribution is 0.0470. The predicted octanol–water partition coefficient (Wildman–Crippen LogP) is 7.73. The molecule has 48 heavy (non-hydrogen) atoms. The van der Waals surface area contributed by atoms with Crippen LogP contribution in [0.15, 0.2) is 82.6 Å². The number of hydrogen-bond donors (Lipinski definition) is 1. The molecule has 2 aliphatic heterocycles. The van der Waals surface area contributed by atoms with Gasteiger partial charge < -0.3 is 24.4 Å². The van der Waals surface area contributed by atoms with E-state index in [0.717, 1.165) is 37.0 Å². The van der Waals surface area contributed by atoms with Crippen molar-refractivity contribution in [3.05, 3.63) is 78.2 Å². The van der Waals surface area contributed by atoms with Crippen molar-refractivity contribution in [1.29, 1.82) is 0 Å². The number of benzene rings is 2. The number of piperidine rings is 1. The molecule has 1 aromatic heterocycles. The quantitative estimate of drug-likeness (QED) is 0.197. The van der Waals surface area contributed by atoms with Crippen LogP contribution in [0.2, 0.25) is 0 Å². The molecule has 0 radical (unpaired) electrons. The molecule has 5 rings (SSSR count). The number of amidine groups is 1. The molecule has 1 amide bonds. The average molecular weight is 678 g/mol. The van der Waals surface area contributed by atoms with Gasteiger partial charge in [-0.3, -0.25) is 4.79 Å². The first kappa shape index (κ1) is 34.9. The third kappa shape index (κ3) is 8.16. The number of allylic oxidation sites excluding steroid dienone is 3. The Morgan fingerprint density at radius 1 is 1.17 bits per heavy atom. The highest BCUT2D eigenvalue weighted by Gasteiger charge is 2.39. The molecule has 1 fully saturated rings. The van der Waals surface area contributed by atoms with E-state index in [4.69, 9.17) is 19.2 Å². The zero-order valence-electron chi connectivity index (χ0n) is 27.7. The van der Waals surface area contributed by atoms with Crippen LogP contribution in [0, 0.1) is 5.92 Å². The minimum Gasteiger partial charge on any atom is -0.494 e. The maximum absolute atomic E-state index is 15.8. The van der Waals surface area contributed by atoms with E-state index in [9.17, 15) is 4.79 Å². The SMILES string of the molecule is C=CCC(F)(F)C1=C(Oc2ccccc2-c2cnc(OC)s2)C(CC)CC(=Nc2ccc(C(=O)NC3CCN(C)CC3)cc2OC)N=C1. The first-order valence-electron chi connectivity index (χ1n) is 15.9. The number of thiazole rings is 1.